The molecule has 0 aliphatic carbocycles. The summed E-state index contributed by atoms with van der Waals surface area (Å²) in [4.78, 5) is 14.5. The van der Waals surface area contributed by atoms with E-state index in [2.05, 4.69) is 6.07 Å². The van der Waals surface area contributed by atoms with Gasteiger partial charge in [-0.2, -0.15) is 5.26 Å². The number of hydrogen-bond donors (Lipinski definition) is 1. The number of pyridine rings is 1. The number of hydrogen-bond acceptors (Lipinski definition) is 7. The number of thiophene rings is 1. The van der Waals surface area contributed by atoms with E-state index in [9.17, 15) is 10.1 Å². The van der Waals surface area contributed by atoms with Gasteiger partial charge in [0.15, 0.2) is 11.5 Å². The minimum atomic E-state index is -0.538. The predicted octanol–water partition coefficient (Wildman–Crippen LogP) is 3.70. The maximum absolute atomic E-state index is 13.6. The summed E-state index contributed by atoms with van der Waals surface area (Å²) >= 11 is 1.48. The van der Waals surface area contributed by atoms with E-state index in [1.54, 1.807) is 18.8 Å². The van der Waals surface area contributed by atoms with E-state index in [-0.39, 0.29) is 17.0 Å². The molecule has 0 fully saturated rings. The molecule has 3 aromatic rings. The molecule has 1 aliphatic heterocycles. The molecule has 1 aliphatic rings. The van der Waals surface area contributed by atoms with Gasteiger partial charge in [0, 0.05) is 23.2 Å². The fourth-order valence-corrected chi connectivity index (χ4v) is 4.82. The number of allylic oxidation sites excluding steroid dienone is 1. The summed E-state index contributed by atoms with van der Waals surface area (Å²) in [6, 6.07) is 13.5. The summed E-state index contributed by atoms with van der Waals surface area (Å²) in [5.74, 6) is 1.21. The largest absolute Gasteiger partial charge is 0.493 e. The summed E-state index contributed by atoms with van der Waals surface area (Å²) in [5.41, 5.74) is 8.32. The van der Waals surface area contributed by atoms with Crippen LogP contribution in [0.4, 0.5) is 0 Å². The van der Waals surface area contributed by atoms with Crippen molar-refractivity contribution < 1.29 is 14.2 Å². The molecular weight excluding hydrogens is 426 g/mol. The molecule has 7 nitrogen and oxygen atoms in total. The number of benzene rings is 1. The maximum Gasteiger partial charge on any atom is 0.258 e. The van der Waals surface area contributed by atoms with Gasteiger partial charge in [0.05, 0.1) is 25.7 Å². The lowest BCUT2D eigenvalue weighted by Crippen LogP contribution is -2.33. The van der Waals surface area contributed by atoms with Crippen molar-refractivity contribution in [2.24, 2.45) is 5.73 Å². The summed E-state index contributed by atoms with van der Waals surface area (Å²) in [5, 5.41) is 11.6. The van der Waals surface area contributed by atoms with Crippen molar-refractivity contribution in [1.29, 1.82) is 5.26 Å². The fourth-order valence-electron chi connectivity index (χ4n) is 3.98. The van der Waals surface area contributed by atoms with E-state index >= 15 is 0 Å². The molecular formula is C24H23N3O4S. The Bertz CT molecular complexity index is 1290. The van der Waals surface area contributed by atoms with Crippen molar-refractivity contribution in [2.75, 3.05) is 14.2 Å². The smallest absolute Gasteiger partial charge is 0.258 e. The molecule has 164 valence electrons. The molecule has 3 heterocycles. The van der Waals surface area contributed by atoms with Crippen LogP contribution in [0.25, 0.3) is 0 Å². The number of nitrogens with two attached hydrogens (primary N) is 1. The van der Waals surface area contributed by atoms with Gasteiger partial charge in [0.2, 0.25) is 5.88 Å². The summed E-state index contributed by atoms with van der Waals surface area (Å²) in [7, 11) is 3.19. The molecule has 0 amide bonds. The Kier molecular flexibility index (Phi) is 5.93. The van der Waals surface area contributed by atoms with E-state index in [0.717, 1.165) is 16.1 Å². The first kappa shape index (κ1) is 21.5. The average molecular weight is 450 g/mol. The van der Waals surface area contributed by atoms with Gasteiger partial charge in [0.1, 0.15) is 17.4 Å². The van der Waals surface area contributed by atoms with E-state index in [1.807, 2.05) is 48.7 Å². The Labute approximate surface area is 189 Å². The number of rotatable bonds is 6. The first-order valence-corrected chi connectivity index (χ1v) is 10.9. The van der Waals surface area contributed by atoms with Crippen molar-refractivity contribution >= 4 is 11.3 Å². The van der Waals surface area contributed by atoms with Gasteiger partial charge in [-0.05, 0) is 42.5 Å². The van der Waals surface area contributed by atoms with Gasteiger partial charge >= 0.3 is 0 Å². The van der Waals surface area contributed by atoms with Crippen LogP contribution in [-0.2, 0) is 13.0 Å². The van der Waals surface area contributed by atoms with Crippen LogP contribution in [0.3, 0.4) is 0 Å². The Morgan fingerprint density at radius 3 is 2.66 bits per heavy atom. The Morgan fingerprint density at radius 1 is 1.22 bits per heavy atom. The normalized spacial score (nSPS) is 15.0. The van der Waals surface area contributed by atoms with Crippen LogP contribution >= 0.6 is 11.3 Å². The van der Waals surface area contributed by atoms with Gasteiger partial charge in [-0.1, -0.05) is 12.1 Å². The molecule has 8 heteroatoms. The summed E-state index contributed by atoms with van der Waals surface area (Å²) in [6.07, 6.45) is 0.619. The minimum Gasteiger partial charge on any atom is -0.493 e. The van der Waals surface area contributed by atoms with Crippen LogP contribution < -0.4 is 25.5 Å². The first-order chi connectivity index (χ1) is 15.5. The molecule has 0 radical (unpaired) electrons. The average Bonchev–Trinajstić information content (AvgIpc) is 3.32. The van der Waals surface area contributed by atoms with Gasteiger partial charge in [-0.15, -0.1) is 11.3 Å². The van der Waals surface area contributed by atoms with Crippen molar-refractivity contribution in [2.45, 2.75) is 25.8 Å². The van der Waals surface area contributed by atoms with Crippen molar-refractivity contribution in [3.63, 3.8) is 0 Å². The van der Waals surface area contributed by atoms with E-state index in [4.69, 9.17) is 19.9 Å². The van der Waals surface area contributed by atoms with Crippen LogP contribution in [0.2, 0.25) is 0 Å². The molecule has 4 rings (SSSR count). The lowest BCUT2D eigenvalue weighted by Gasteiger charge is -2.26. The lowest BCUT2D eigenvalue weighted by atomic mass is 9.88. The highest BCUT2D eigenvalue weighted by atomic mass is 32.1. The van der Waals surface area contributed by atoms with Gasteiger partial charge in [-0.3, -0.25) is 4.79 Å². The molecule has 0 saturated carbocycles. The van der Waals surface area contributed by atoms with Crippen LogP contribution in [0.1, 0.15) is 27.6 Å². The van der Waals surface area contributed by atoms with Gasteiger partial charge in [0.25, 0.3) is 5.56 Å². The highest BCUT2D eigenvalue weighted by Crippen LogP contribution is 2.42. The highest BCUT2D eigenvalue weighted by Gasteiger charge is 2.34. The van der Waals surface area contributed by atoms with Crippen molar-refractivity contribution in [1.82, 2.24) is 4.57 Å². The molecule has 1 aromatic carbocycles. The molecule has 0 unspecified atom stereocenters. The second-order valence-corrected chi connectivity index (χ2v) is 8.38. The van der Waals surface area contributed by atoms with E-state index in [0.29, 0.717) is 35.8 Å². The third-order valence-corrected chi connectivity index (χ3v) is 6.53. The SMILES string of the molecule is COc1ccc(CCn2c(C)cc3c(c2=O)[C@H](c2cccs2)C(C#N)=C(N)O3)cc1OC. The van der Waals surface area contributed by atoms with Crippen molar-refractivity contribution in [3.8, 4) is 23.3 Å². The van der Waals surface area contributed by atoms with E-state index in [1.165, 1.54) is 11.3 Å². The van der Waals surface area contributed by atoms with Crippen LogP contribution in [-0.4, -0.2) is 18.8 Å². The molecule has 1 atom stereocenters. The number of ether oxygens (including phenoxy) is 3. The molecule has 32 heavy (non-hydrogen) atoms. The zero-order valence-electron chi connectivity index (χ0n) is 18.0. The standard InChI is InChI=1S/C24H23N3O4S/c1-14-11-19-22(21(20-5-4-10-32-20)16(13-25)23(26)31-19)24(28)27(14)9-8-15-6-7-17(29-2)18(12-15)30-3/h4-7,10-12,21H,8-9,26H2,1-3H3/t21-/m0/s1. The van der Waals surface area contributed by atoms with Crippen molar-refractivity contribution in [3.05, 3.63) is 85.3 Å². The highest BCUT2D eigenvalue weighted by molar-refractivity contribution is 7.10. The maximum atomic E-state index is 13.6. The zero-order valence-corrected chi connectivity index (χ0v) is 18.9. The number of fused-ring (bicyclic) bond motifs is 1. The summed E-state index contributed by atoms with van der Waals surface area (Å²) < 4.78 is 18.1. The topological polar surface area (TPSA) is 99.5 Å². The lowest BCUT2D eigenvalue weighted by molar-refractivity contribution is 0.354. The molecule has 0 bridgehead atoms. The molecule has 0 spiro atoms. The first-order valence-electron chi connectivity index (χ1n) is 10.0. The minimum absolute atomic E-state index is 0.0419. The molecule has 0 saturated heterocycles. The quantitative estimate of drug-likeness (QED) is 0.616. The number of nitriles is 1. The third kappa shape index (κ3) is 3.72. The number of aryl methyl sites for hydroxylation is 2. The third-order valence-electron chi connectivity index (χ3n) is 5.59. The summed E-state index contributed by atoms with van der Waals surface area (Å²) in [6.45, 7) is 2.32. The number of nitrogens with zero attached hydrogens (tertiary/aromatic N) is 2. The Morgan fingerprint density at radius 2 is 2.00 bits per heavy atom. The predicted molar refractivity (Wildman–Crippen MR) is 122 cm³/mol. The van der Waals surface area contributed by atoms with E-state index < -0.39 is 5.92 Å². The Hall–Kier alpha value is -3.70. The van der Waals surface area contributed by atoms with Gasteiger partial charge in [-0.25, -0.2) is 0 Å². The van der Waals surface area contributed by atoms with Crippen LogP contribution in [0.15, 0.2) is 58.0 Å². The zero-order chi connectivity index (χ0) is 22.8. The fraction of sp³-hybridized carbons (Fsp3) is 0.250. The number of methoxy groups -OCH3 is 2. The second kappa shape index (κ2) is 8.81. The molecule has 2 N–H and O–H groups in total. The monoisotopic (exact) mass is 449 g/mol. The second-order valence-electron chi connectivity index (χ2n) is 7.40. The van der Waals surface area contributed by atoms with Gasteiger partial charge < -0.3 is 24.5 Å². The van der Waals surface area contributed by atoms with Crippen LogP contribution in [0, 0.1) is 18.3 Å². The number of aromatic nitrogens is 1. The Balaban J connectivity index is 1.74. The van der Waals surface area contributed by atoms with Crippen LogP contribution in [0.5, 0.6) is 17.2 Å². The molecule has 2 aromatic heterocycles.